The third-order valence-corrected chi connectivity index (χ3v) is 10.8. The van der Waals surface area contributed by atoms with Gasteiger partial charge in [-0.2, -0.15) is 0 Å². The summed E-state index contributed by atoms with van der Waals surface area (Å²) < 4.78 is 5.41. The van der Waals surface area contributed by atoms with Crippen molar-refractivity contribution in [3.8, 4) is 11.3 Å². The summed E-state index contributed by atoms with van der Waals surface area (Å²) in [5.41, 5.74) is 2.64. The molecule has 2 fully saturated rings. The lowest BCUT2D eigenvalue weighted by atomic mass is 9.81. The molecule has 0 spiro atoms. The second-order valence-electron chi connectivity index (χ2n) is 10.3. The highest BCUT2D eigenvalue weighted by atomic mass is 79.9. The largest absolute Gasteiger partial charge is 0.454 e. The lowest BCUT2D eigenvalue weighted by molar-refractivity contribution is -0.122. The van der Waals surface area contributed by atoms with Gasteiger partial charge in [-0.1, -0.05) is 98.1 Å². The van der Waals surface area contributed by atoms with Gasteiger partial charge in [-0.3, -0.25) is 19.3 Å². The molecule has 1 aliphatic carbocycles. The van der Waals surface area contributed by atoms with E-state index in [0.717, 1.165) is 0 Å². The quantitative estimate of drug-likeness (QED) is 0.0925. The summed E-state index contributed by atoms with van der Waals surface area (Å²) in [7, 11) is 0. The third kappa shape index (κ3) is 5.29. The van der Waals surface area contributed by atoms with Crippen molar-refractivity contribution in [3.05, 3.63) is 95.0 Å². The van der Waals surface area contributed by atoms with Gasteiger partial charge in [0.25, 0.3) is 0 Å². The van der Waals surface area contributed by atoms with Crippen molar-refractivity contribution < 1.29 is 23.9 Å². The van der Waals surface area contributed by atoms with Crippen LogP contribution >= 0.6 is 43.5 Å². The Bertz CT molecular complexity index is 1700. The second kappa shape index (κ2) is 11.7. The molecule has 3 aromatic carbocycles. The number of nitrogens with zero attached hydrogens (tertiary/aromatic N) is 2. The molecule has 2 heterocycles. The second-order valence-corrected chi connectivity index (χ2v) is 13.1. The number of carbonyl (C=O) groups excluding carboxylic acids is 4. The summed E-state index contributed by atoms with van der Waals surface area (Å²) in [4.78, 5) is 58.4. The van der Waals surface area contributed by atoms with Crippen LogP contribution in [0.15, 0.2) is 78.9 Å². The Hall–Kier alpha value is -3.40. The molecule has 10 heteroatoms. The topological polar surface area (TPSA) is 93.6 Å². The van der Waals surface area contributed by atoms with Crippen LogP contribution in [0.3, 0.4) is 0 Å². The smallest absolute Gasteiger partial charge is 0.339 e. The molecule has 1 saturated heterocycles. The molecule has 6 rings (SSSR count). The zero-order chi connectivity index (χ0) is 29.5. The first-order valence-corrected chi connectivity index (χ1v) is 15.5. The zero-order valence-electron chi connectivity index (χ0n) is 22.0. The van der Waals surface area contributed by atoms with Crippen LogP contribution in [0.2, 0.25) is 5.02 Å². The van der Waals surface area contributed by atoms with Crippen LogP contribution in [0.4, 0.5) is 5.69 Å². The molecule has 4 aromatic rings. The van der Waals surface area contributed by atoms with Crippen molar-refractivity contribution in [3.63, 3.8) is 0 Å². The van der Waals surface area contributed by atoms with Gasteiger partial charge in [0.05, 0.1) is 39.3 Å². The molecule has 0 radical (unpaired) electrons. The van der Waals surface area contributed by atoms with E-state index in [-0.39, 0.29) is 44.7 Å². The summed E-state index contributed by atoms with van der Waals surface area (Å²) in [5.74, 6) is -2.07. The first-order chi connectivity index (χ1) is 20.2. The molecule has 2 aliphatic rings. The average Bonchev–Trinajstić information content (AvgIpc) is 3.24. The Labute approximate surface area is 263 Å². The Morgan fingerprint density at radius 1 is 0.881 bits per heavy atom. The minimum atomic E-state index is -0.683. The zero-order valence-corrected chi connectivity index (χ0v) is 25.9. The van der Waals surface area contributed by atoms with Gasteiger partial charge < -0.3 is 4.74 Å². The van der Waals surface area contributed by atoms with E-state index in [1.54, 1.807) is 78.9 Å². The number of amides is 2. The Morgan fingerprint density at radius 3 is 2.17 bits per heavy atom. The number of anilines is 1. The van der Waals surface area contributed by atoms with E-state index >= 15 is 0 Å². The van der Waals surface area contributed by atoms with Crippen molar-refractivity contribution in [1.82, 2.24) is 4.98 Å². The molecular weight excluding hydrogens is 688 g/mol. The van der Waals surface area contributed by atoms with E-state index < -0.39 is 12.6 Å². The summed E-state index contributed by atoms with van der Waals surface area (Å²) in [6.07, 6.45) is 1.19. The molecule has 42 heavy (non-hydrogen) atoms. The van der Waals surface area contributed by atoms with Gasteiger partial charge in [0.1, 0.15) is 0 Å². The minimum absolute atomic E-state index is 0.126. The fourth-order valence-electron chi connectivity index (χ4n) is 5.58. The highest BCUT2D eigenvalue weighted by Crippen LogP contribution is 2.44. The maximum atomic E-state index is 13.2. The van der Waals surface area contributed by atoms with Crippen LogP contribution in [-0.4, -0.2) is 44.8 Å². The number of hydrogen-bond acceptors (Lipinski definition) is 6. The number of pyridine rings is 1. The maximum absolute atomic E-state index is 13.2. The number of Topliss-reactive ketones (excluding diaryl/α,β-unsaturated/α-hetero) is 1. The number of ketones is 1. The highest BCUT2D eigenvalue weighted by Gasteiger charge is 2.52. The number of aromatic nitrogens is 1. The van der Waals surface area contributed by atoms with E-state index in [1.165, 1.54) is 4.90 Å². The SMILES string of the molecule is O=C(COC(=O)c1cc(-c2ccc(N3C(=O)C4CC(Br)C(Br)CC4C3=O)cc2)nc2c(Cl)cccc12)c1ccccc1. The fourth-order valence-corrected chi connectivity index (χ4v) is 7.03. The number of carbonyl (C=O) groups is 4. The van der Waals surface area contributed by atoms with Crippen LogP contribution in [0.1, 0.15) is 33.6 Å². The minimum Gasteiger partial charge on any atom is -0.454 e. The molecule has 2 amide bonds. The van der Waals surface area contributed by atoms with E-state index in [9.17, 15) is 19.2 Å². The number of ether oxygens (including phenoxy) is 1. The number of benzene rings is 3. The number of rotatable bonds is 6. The van der Waals surface area contributed by atoms with Gasteiger partial charge in [-0.15, -0.1) is 0 Å². The molecule has 0 bridgehead atoms. The lowest BCUT2D eigenvalue weighted by Gasteiger charge is -2.29. The van der Waals surface area contributed by atoms with Crippen molar-refractivity contribution in [1.29, 1.82) is 0 Å². The third-order valence-electron chi connectivity index (χ3n) is 7.77. The van der Waals surface area contributed by atoms with Crippen LogP contribution in [0.25, 0.3) is 22.2 Å². The number of alkyl halides is 2. The fraction of sp³-hybridized carbons (Fsp3) is 0.219. The van der Waals surface area contributed by atoms with Gasteiger partial charge in [-0.25, -0.2) is 9.78 Å². The standard InChI is InChI=1S/C32H23Br2ClN2O5/c33-24-13-21-22(14-25(24)34)31(40)37(30(21)39)19-11-9-17(10-12-19)27-15-23(20-7-4-8-26(35)29(20)36-27)32(41)42-16-28(38)18-5-2-1-3-6-18/h1-12,15,21-22,24-25H,13-14,16H2. The van der Waals surface area contributed by atoms with Gasteiger partial charge >= 0.3 is 5.97 Å². The predicted octanol–water partition coefficient (Wildman–Crippen LogP) is 7.02. The Morgan fingerprint density at radius 2 is 1.52 bits per heavy atom. The summed E-state index contributed by atoms with van der Waals surface area (Å²) in [6.45, 7) is -0.414. The molecule has 4 unspecified atom stereocenters. The number of halogens is 3. The molecule has 1 saturated carbocycles. The molecule has 1 aromatic heterocycles. The maximum Gasteiger partial charge on any atom is 0.339 e. The first kappa shape index (κ1) is 28.7. The van der Waals surface area contributed by atoms with Crippen molar-refractivity contribution >= 4 is 83.6 Å². The van der Waals surface area contributed by atoms with Crippen LogP contribution in [0.5, 0.6) is 0 Å². The van der Waals surface area contributed by atoms with Gasteiger partial charge in [-0.05, 0) is 37.1 Å². The molecule has 1 aliphatic heterocycles. The molecule has 4 atom stereocenters. The summed E-state index contributed by atoms with van der Waals surface area (Å²) in [6, 6.07) is 22.2. The van der Waals surface area contributed by atoms with Crippen molar-refractivity contribution in [2.45, 2.75) is 22.5 Å². The summed E-state index contributed by atoms with van der Waals surface area (Å²) >= 11 is 13.7. The predicted molar refractivity (Wildman–Crippen MR) is 167 cm³/mol. The van der Waals surface area contributed by atoms with Gasteiger partial charge in [0.2, 0.25) is 11.8 Å². The normalized spacial score (nSPS) is 21.8. The van der Waals surface area contributed by atoms with Gasteiger partial charge in [0.15, 0.2) is 12.4 Å². The average molecular weight is 711 g/mol. The van der Waals surface area contributed by atoms with E-state index in [4.69, 9.17) is 21.3 Å². The number of fused-ring (bicyclic) bond motifs is 2. The number of imide groups is 1. The van der Waals surface area contributed by atoms with E-state index in [2.05, 4.69) is 31.9 Å². The number of esters is 1. The van der Waals surface area contributed by atoms with Crippen LogP contribution < -0.4 is 4.90 Å². The van der Waals surface area contributed by atoms with E-state index in [0.29, 0.717) is 51.3 Å². The highest BCUT2D eigenvalue weighted by molar-refractivity contribution is 9.12. The van der Waals surface area contributed by atoms with Crippen molar-refractivity contribution in [2.24, 2.45) is 11.8 Å². The number of para-hydroxylation sites is 1. The molecule has 212 valence electrons. The van der Waals surface area contributed by atoms with Crippen LogP contribution in [-0.2, 0) is 14.3 Å². The summed E-state index contributed by atoms with van der Waals surface area (Å²) in [5, 5.41) is 0.845. The molecular formula is C32H23Br2ClN2O5. The number of hydrogen-bond donors (Lipinski definition) is 0. The lowest BCUT2D eigenvalue weighted by Crippen LogP contribution is -2.34. The Kier molecular flexibility index (Phi) is 8.00. The molecule has 0 N–H and O–H groups in total. The monoisotopic (exact) mass is 708 g/mol. The Balaban J connectivity index is 1.29. The van der Waals surface area contributed by atoms with Crippen LogP contribution in [0, 0.1) is 11.8 Å². The first-order valence-electron chi connectivity index (χ1n) is 13.3. The van der Waals surface area contributed by atoms with Crippen molar-refractivity contribution in [2.75, 3.05) is 11.5 Å². The molecule has 7 nitrogen and oxygen atoms in total. The van der Waals surface area contributed by atoms with E-state index in [1.807, 2.05) is 0 Å². The van der Waals surface area contributed by atoms with Gasteiger partial charge in [0, 0.05) is 26.2 Å².